The lowest BCUT2D eigenvalue weighted by Crippen LogP contribution is -2.50. The van der Waals surface area contributed by atoms with Crippen molar-refractivity contribution in [3.63, 3.8) is 0 Å². The third-order valence-electron chi connectivity index (χ3n) is 3.68. The van der Waals surface area contributed by atoms with Crippen molar-refractivity contribution in [3.05, 3.63) is 35.9 Å². The first kappa shape index (κ1) is 13.1. The fourth-order valence-electron chi connectivity index (χ4n) is 2.29. The summed E-state index contributed by atoms with van der Waals surface area (Å²) in [7, 11) is 0. The Labute approximate surface area is 117 Å². The first-order chi connectivity index (χ1) is 9.74. The molecule has 6 heteroatoms. The van der Waals surface area contributed by atoms with Crippen LogP contribution in [0.1, 0.15) is 30.9 Å². The van der Waals surface area contributed by atoms with Gasteiger partial charge >= 0.3 is 0 Å². The van der Waals surface area contributed by atoms with Crippen molar-refractivity contribution in [1.29, 1.82) is 0 Å². The third kappa shape index (κ3) is 2.97. The molecule has 1 saturated carbocycles. The summed E-state index contributed by atoms with van der Waals surface area (Å²) in [6, 6.07) is 9.71. The summed E-state index contributed by atoms with van der Waals surface area (Å²) < 4.78 is 0. The Kier molecular flexibility index (Phi) is 3.66. The molecule has 1 saturated heterocycles. The predicted molar refractivity (Wildman–Crippen MR) is 72.9 cm³/mol. The molecule has 0 radical (unpaired) electrons. The van der Waals surface area contributed by atoms with Gasteiger partial charge in [-0.2, -0.15) is 0 Å². The monoisotopic (exact) mass is 274 g/mol. The van der Waals surface area contributed by atoms with Crippen LogP contribution in [0.25, 0.3) is 0 Å². The summed E-state index contributed by atoms with van der Waals surface area (Å²) in [4.78, 5) is 23.4. The van der Waals surface area contributed by atoms with Gasteiger partial charge in [-0.1, -0.05) is 30.3 Å². The molecule has 2 amide bonds. The molecule has 1 aliphatic heterocycles. The first-order valence-electron chi connectivity index (χ1n) is 6.90. The van der Waals surface area contributed by atoms with E-state index in [1.165, 1.54) is 0 Å². The molecule has 1 aromatic rings. The Morgan fingerprint density at radius 2 is 1.70 bits per heavy atom. The van der Waals surface area contributed by atoms with Gasteiger partial charge < -0.3 is 0 Å². The summed E-state index contributed by atoms with van der Waals surface area (Å²) in [5, 5.41) is 0. The Balaban J connectivity index is 1.49. The van der Waals surface area contributed by atoms with Crippen molar-refractivity contribution in [2.24, 2.45) is 5.92 Å². The van der Waals surface area contributed by atoms with E-state index in [-0.39, 0.29) is 29.8 Å². The zero-order valence-electron chi connectivity index (χ0n) is 11.1. The van der Waals surface area contributed by atoms with Crippen LogP contribution < -0.4 is 21.7 Å². The minimum Gasteiger partial charge on any atom is -0.273 e. The molecule has 3 rings (SSSR count). The molecule has 4 N–H and O–H groups in total. The highest BCUT2D eigenvalue weighted by atomic mass is 16.2. The lowest BCUT2D eigenvalue weighted by molar-refractivity contribution is -0.130. The number of hydrazine groups is 2. The number of hydrogen-bond donors (Lipinski definition) is 4. The van der Waals surface area contributed by atoms with Crippen molar-refractivity contribution in [2.45, 2.75) is 31.3 Å². The van der Waals surface area contributed by atoms with E-state index in [1.807, 2.05) is 30.3 Å². The van der Waals surface area contributed by atoms with Crippen molar-refractivity contribution in [3.8, 4) is 0 Å². The van der Waals surface area contributed by atoms with Crippen LogP contribution in [0.15, 0.2) is 30.3 Å². The van der Waals surface area contributed by atoms with E-state index < -0.39 is 0 Å². The molecule has 20 heavy (non-hydrogen) atoms. The zero-order valence-corrected chi connectivity index (χ0v) is 11.1. The molecule has 2 unspecified atom stereocenters. The highest BCUT2D eigenvalue weighted by Gasteiger charge is 2.32. The fraction of sp³-hybridized carbons (Fsp3) is 0.429. The topological polar surface area (TPSA) is 82.3 Å². The highest BCUT2D eigenvalue weighted by molar-refractivity contribution is 5.87. The Morgan fingerprint density at radius 3 is 2.40 bits per heavy atom. The summed E-state index contributed by atoms with van der Waals surface area (Å²) in [5.74, 6) is -0.226. The van der Waals surface area contributed by atoms with Crippen LogP contribution in [-0.4, -0.2) is 17.9 Å². The first-order valence-corrected chi connectivity index (χ1v) is 6.90. The van der Waals surface area contributed by atoms with Gasteiger partial charge in [-0.15, -0.1) is 0 Å². The SMILES string of the molecule is O=C(NNC(=O)C1CC(c2ccccc2)NN1)C1CC1. The van der Waals surface area contributed by atoms with Crippen LogP contribution in [0.2, 0.25) is 0 Å². The molecule has 1 heterocycles. The van der Waals surface area contributed by atoms with Crippen LogP contribution in [-0.2, 0) is 9.59 Å². The van der Waals surface area contributed by atoms with Gasteiger partial charge in [0.2, 0.25) is 5.91 Å². The zero-order chi connectivity index (χ0) is 13.9. The Morgan fingerprint density at radius 1 is 1.00 bits per heavy atom. The van der Waals surface area contributed by atoms with Crippen molar-refractivity contribution >= 4 is 11.8 Å². The number of hydrogen-bond acceptors (Lipinski definition) is 4. The van der Waals surface area contributed by atoms with E-state index in [0.29, 0.717) is 6.42 Å². The molecule has 1 aliphatic carbocycles. The molecule has 2 atom stereocenters. The quantitative estimate of drug-likeness (QED) is 0.591. The molecule has 6 nitrogen and oxygen atoms in total. The van der Waals surface area contributed by atoms with E-state index in [2.05, 4.69) is 21.7 Å². The average Bonchev–Trinajstić information content (AvgIpc) is 3.22. The van der Waals surface area contributed by atoms with E-state index in [0.717, 1.165) is 18.4 Å². The summed E-state index contributed by atoms with van der Waals surface area (Å²) >= 11 is 0. The summed E-state index contributed by atoms with van der Waals surface area (Å²) in [6.45, 7) is 0. The number of nitrogens with one attached hydrogen (secondary N) is 4. The van der Waals surface area contributed by atoms with Crippen molar-refractivity contribution < 1.29 is 9.59 Å². The van der Waals surface area contributed by atoms with Crippen LogP contribution in [0, 0.1) is 5.92 Å². The second kappa shape index (κ2) is 5.60. The van der Waals surface area contributed by atoms with Crippen LogP contribution in [0.4, 0.5) is 0 Å². The van der Waals surface area contributed by atoms with Gasteiger partial charge in [-0.25, -0.2) is 10.9 Å². The summed E-state index contributed by atoms with van der Waals surface area (Å²) in [6.07, 6.45) is 2.48. The van der Waals surface area contributed by atoms with Gasteiger partial charge in [0.05, 0.1) is 0 Å². The minimum atomic E-state index is -0.347. The lowest BCUT2D eigenvalue weighted by atomic mass is 10.0. The maximum Gasteiger partial charge on any atom is 0.256 e. The van der Waals surface area contributed by atoms with E-state index in [4.69, 9.17) is 0 Å². The molecule has 2 fully saturated rings. The third-order valence-corrected chi connectivity index (χ3v) is 3.68. The molecule has 106 valence electrons. The van der Waals surface area contributed by atoms with Gasteiger partial charge in [0, 0.05) is 12.0 Å². The number of amides is 2. The second-order valence-corrected chi connectivity index (χ2v) is 5.29. The Hall–Kier alpha value is -1.92. The van der Waals surface area contributed by atoms with Crippen LogP contribution in [0.5, 0.6) is 0 Å². The highest BCUT2D eigenvalue weighted by Crippen LogP contribution is 2.28. The average molecular weight is 274 g/mol. The lowest BCUT2D eigenvalue weighted by Gasteiger charge is -2.11. The van der Waals surface area contributed by atoms with Crippen LogP contribution in [0.3, 0.4) is 0 Å². The number of carbonyl (C=O) groups is 2. The van der Waals surface area contributed by atoms with Crippen LogP contribution >= 0.6 is 0 Å². The maximum atomic E-state index is 11.9. The molecular formula is C14H18N4O2. The molecule has 1 aromatic carbocycles. The number of rotatable bonds is 3. The molecule has 2 aliphatic rings. The van der Waals surface area contributed by atoms with Gasteiger partial charge in [0.25, 0.3) is 5.91 Å². The smallest absolute Gasteiger partial charge is 0.256 e. The number of carbonyl (C=O) groups excluding carboxylic acids is 2. The Bertz CT molecular complexity index is 501. The van der Waals surface area contributed by atoms with Gasteiger partial charge in [-0.05, 0) is 24.8 Å². The van der Waals surface area contributed by atoms with Crippen molar-refractivity contribution in [1.82, 2.24) is 21.7 Å². The molecule has 0 spiro atoms. The van der Waals surface area contributed by atoms with E-state index in [9.17, 15) is 9.59 Å². The number of benzene rings is 1. The van der Waals surface area contributed by atoms with Gasteiger partial charge in [-0.3, -0.25) is 20.4 Å². The molecule has 0 aromatic heterocycles. The maximum absolute atomic E-state index is 11.9. The fourth-order valence-corrected chi connectivity index (χ4v) is 2.29. The van der Waals surface area contributed by atoms with Crippen molar-refractivity contribution in [2.75, 3.05) is 0 Å². The largest absolute Gasteiger partial charge is 0.273 e. The standard InChI is InChI=1S/C14H18N4O2/c19-13(10-6-7-10)17-18-14(20)12-8-11(15-16-12)9-4-2-1-3-5-9/h1-5,10-12,15-16H,6-8H2,(H,17,19)(H,18,20). The summed E-state index contributed by atoms with van der Waals surface area (Å²) in [5.41, 5.74) is 12.1. The predicted octanol–water partition coefficient (Wildman–Crippen LogP) is 0.152. The van der Waals surface area contributed by atoms with Gasteiger partial charge in [0.15, 0.2) is 0 Å². The second-order valence-electron chi connectivity index (χ2n) is 5.29. The molecular weight excluding hydrogens is 256 g/mol. The molecule has 0 bridgehead atoms. The van der Waals surface area contributed by atoms with E-state index >= 15 is 0 Å². The normalized spacial score (nSPS) is 25.2. The van der Waals surface area contributed by atoms with Gasteiger partial charge in [0.1, 0.15) is 6.04 Å². The minimum absolute atomic E-state index is 0.0852. The van der Waals surface area contributed by atoms with E-state index in [1.54, 1.807) is 0 Å².